The molecule has 0 aliphatic heterocycles. The van der Waals surface area contributed by atoms with Crippen LogP contribution in [0, 0.1) is 12.7 Å². The van der Waals surface area contributed by atoms with E-state index in [2.05, 4.69) is 20.6 Å². The first-order valence-corrected chi connectivity index (χ1v) is 8.71. The lowest BCUT2D eigenvalue weighted by Crippen LogP contribution is -2.27. The number of nitrogens with zero attached hydrogens (tertiary/aromatic N) is 2. The third kappa shape index (κ3) is 5.10. The molecule has 0 fully saturated rings. The van der Waals surface area contributed by atoms with Crippen LogP contribution in [0.3, 0.4) is 0 Å². The van der Waals surface area contributed by atoms with Crippen LogP contribution in [-0.4, -0.2) is 15.9 Å². The molecule has 1 unspecified atom stereocenters. The van der Waals surface area contributed by atoms with Gasteiger partial charge in [-0.3, -0.25) is 4.79 Å². The molecule has 0 saturated heterocycles. The fourth-order valence-electron chi connectivity index (χ4n) is 2.67. The first-order valence-electron chi connectivity index (χ1n) is 8.71. The van der Waals surface area contributed by atoms with E-state index in [1.807, 2.05) is 37.3 Å². The number of anilines is 1. The number of aromatic nitrogens is 2. The van der Waals surface area contributed by atoms with Crippen LogP contribution >= 0.6 is 0 Å². The number of carbonyl (C=O) groups is 1. The number of amides is 1. The van der Waals surface area contributed by atoms with Crippen molar-refractivity contribution < 1.29 is 9.18 Å². The van der Waals surface area contributed by atoms with E-state index in [-0.39, 0.29) is 17.8 Å². The molecule has 1 heterocycles. The zero-order chi connectivity index (χ0) is 19.2. The average Bonchev–Trinajstić information content (AvgIpc) is 2.68. The molecule has 1 amide bonds. The van der Waals surface area contributed by atoms with Gasteiger partial charge in [0.2, 0.25) is 0 Å². The molecular formula is C21H21FN4O. The highest BCUT2D eigenvalue weighted by Gasteiger charge is 2.14. The quantitative estimate of drug-likeness (QED) is 0.693. The SMILES string of the molecule is Cc1nc(NCc2ccc(F)cc2)cc(C(=O)NC(C)c2ccccc2)n1. The van der Waals surface area contributed by atoms with Gasteiger partial charge in [-0.2, -0.15) is 0 Å². The van der Waals surface area contributed by atoms with Crippen LogP contribution in [0.1, 0.15) is 40.4 Å². The molecule has 0 aliphatic rings. The molecule has 0 saturated carbocycles. The molecule has 0 spiro atoms. The van der Waals surface area contributed by atoms with Gasteiger partial charge < -0.3 is 10.6 Å². The molecule has 27 heavy (non-hydrogen) atoms. The Kier molecular flexibility index (Phi) is 5.76. The molecule has 2 aromatic carbocycles. The highest BCUT2D eigenvalue weighted by molar-refractivity contribution is 5.93. The molecule has 5 nitrogen and oxygen atoms in total. The van der Waals surface area contributed by atoms with Gasteiger partial charge in [-0.05, 0) is 37.1 Å². The minimum absolute atomic E-state index is 0.135. The summed E-state index contributed by atoms with van der Waals surface area (Å²) in [6, 6.07) is 17.4. The van der Waals surface area contributed by atoms with Gasteiger partial charge in [-0.25, -0.2) is 14.4 Å². The average molecular weight is 364 g/mol. The summed E-state index contributed by atoms with van der Waals surface area (Å²) in [5.74, 6) is 0.505. The normalized spacial score (nSPS) is 11.7. The number of rotatable bonds is 6. The van der Waals surface area contributed by atoms with Gasteiger partial charge in [0.1, 0.15) is 23.2 Å². The Bertz CT molecular complexity index is 913. The van der Waals surface area contributed by atoms with E-state index in [1.54, 1.807) is 25.1 Å². The predicted octanol–water partition coefficient (Wildman–Crippen LogP) is 4.03. The summed E-state index contributed by atoms with van der Waals surface area (Å²) in [4.78, 5) is 21.1. The van der Waals surface area contributed by atoms with Gasteiger partial charge in [-0.15, -0.1) is 0 Å². The zero-order valence-corrected chi connectivity index (χ0v) is 15.2. The number of aryl methyl sites for hydroxylation is 1. The third-order valence-corrected chi connectivity index (χ3v) is 4.10. The van der Waals surface area contributed by atoms with Crippen molar-refractivity contribution in [3.63, 3.8) is 0 Å². The standard InChI is InChI=1S/C21H21FN4O/c1-14(17-6-4-3-5-7-17)24-21(27)19-12-20(26-15(2)25-19)23-13-16-8-10-18(22)11-9-16/h3-12,14H,13H2,1-2H3,(H,24,27)(H,23,25,26). The van der Waals surface area contributed by atoms with Crippen molar-refractivity contribution in [3.8, 4) is 0 Å². The fourth-order valence-corrected chi connectivity index (χ4v) is 2.67. The Balaban J connectivity index is 1.68. The Morgan fingerprint density at radius 2 is 1.78 bits per heavy atom. The molecule has 0 radical (unpaired) electrons. The van der Waals surface area contributed by atoms with Crippen molar-refractivity contribution in [2.24, 2.45) is 0 Å². The fraction of sp³-hybridized carbons (Fsp3) is 0.190. The topological polar surface area (TPSA) is 66.9 Å². The van der Waals surface area contributed by atoms with Crippen LogP contribution in [0.4, 0.5) is 10.2 Å². The molecule has 0 bridgehead atoms. The van der Waals surface area contributed by atoms with Gasteiger partial charge in [0.05, 0.1) is 6.04 Å². The van der Waals surface area contributed by atoms with E-state index in [4.69, 9.17) is 0 Å². The summed E-state index contributed by atoms with van der Waals surface area (Å²) >= 11 is 0. The maximum atomic E-state index is 13.0. The zero-order valence-electron chi connectivity index (χ0n) is 15.2. The lowest BCUT2D eigenvalue weighted by molar-refractivity contribution is 0.0934. The number of nitrogens with one attached hydrogen (secondary N) is 2. The summed E-state index contributed by atoms with van der Waals surface area (Å²) in [6.45, 7) is 4.13. The van der Waals surface area contributed by atoms with E-state index < -0.39 is 0 Å². The van der Waals surface area contributed by atoms with E-state index in [0.29, 0.717) is 23.9 Å². The molecule has 2 N–H and O–H groups in total. The Hall–Kier alpha value is -3.28. The van der Waals surface area contributed by atoms with Crippen LogP contribution in [0.5, 0.6) is 0 Å². The summed E-state index contributed by atoms with van der Waals surface area (Å²) in [5.41, 5.74) is 2.23. The second-order valence-corrected chi connectivity index (χ2v) is 6.27. The Labute approximate surface area is 157 Å². The second kappa shape index (κ2) is 8.40. The van der Waals surface area contributed by atoms with Crippen molar-refractivity contribution in [3.05, 3.63) is 89.1 Å². The van der Waals surface area contributed by atoms with Gasteiger partial charge in [-0.1, -0.05) is 42.5 Å². The number of benzene rings is 2. The molecule has 0 aliphatic carbocycles. The first kappa shape index (κ1) is 18.5. The number of hydrogen-bond donors (Lipinski definition) is 2. The smallest absolute Gasteiger partial charge is 0.270 e. The van der Waals surface area contributed by atoms with Crippen molar-refractivity contribution in [2.75, 3.05) is 5.32 Å². The molecule has 1 atom stereocenters. The van der Waals surface area contributed by atoms with Crippen LogP contribution in [-0.2, 0) is 6.54 Å². The number of hydrogen-bond acceptors (Lipinski definition) is 4. The first-order chi connectivity index (χ1) is 13.0. The lowest BCUT2D eigenvalue weighted by atomic mass is 10.1. The monoisotopic (exact) mass is 364 g/mol. The van der Waals surface area contributed by atoms with Crippen molar-refractivity contribution in [2.45, 2.75) is 26.4 Å². The molecule has 3 rings (SSSR count). The van der Waals surface area contributed by atoms with Gasteiger partial charge in [0, 0.05) is 12.6 Å². The highest BCUT2D eigenvalue weighted by Crippen LogP contribution is 2.14. The van der Waals surface area contributed by atoms with E-state index in [9.17, 15) is 9.18 Å². The molecule has 3 aromatic rings. The van der Waals surface area contributed by atoms with Gasteiger partial charge >= 0.3 is 0 Å². The largest absolute Gasteiger partial charge is 0.366 e. The summed E-state index contributed by atoms with van der Waals surface area (Å²) in [7, 11) is 0. The second-order valence-electron chi connectivity index (χ2n) is 6.27. The van der Waals surface area contributed by atoms with Crippen LogP contribution < -0.4 is 10.6 Å². The van der Waals surface area contributed by atoms with Crippen LogP contribution in [0.25, 0.3) is 0 Å². The third-order valence-electron chi connectivity index (χ3n) is 4.10. The minimum Gasteiger partial charge on any atom is -0.366 e. The maximum Gasteiger partial charge on any atom is 0.270 e. The van der Waals surface area contributed by atoms with Crippen LogP contribution in [0.2, 0.25) is 0 Å². The van der Waals surface area contributed by atoms with E-state index in [1.165, 1.54) is 12.1 Å². The Morgan fingerprint density at radius 3 is 2.48 bits per heavy atom. The van der Waals surface area contributed by atoms with Gasteiger partial charge in [0.15, 0.2) is 0 Å². The lowest BCUT2D eigenvalue weighted by Gasteiger charge is -2.14. The molecule has 1 aromatic heterocycles. The number of carbonyl (C=O) groups excluding carboxylic acids is 1. The number of halogens is 1. The summed E-state index contributed by atoms with van der Waals surface area (Å²) in [5, 5.41) is 6.10. The molecule has 138 valence electrons. The highest BCUT2D eigenvalue weighted by atomic mass is 19.1. The van der Waals surface area contributed by atoms with Gasteiger partial charge in [0.25, 0.3) is 5.91 Å². The molecule has 6 heteroatoms. The summed E-state index contributed by atoms with van der Waals surface area (Å²) < 4.78 is 13.0. The summed E-state index contributed by atoms with van der Waals surface area (Å²) in [6.07, 6.45) is 0. The Morgan fingerprint density at radius 1 is 1.07 bits per heavy atom. The molecular weight excluding hydrogens is 343 g/mol. The van der Waals surface area contributed by atoms with Crippen LogP contribution in [0.15, 0.2) is 60.7 Å². The van der Waals surface area contributed by atoms with Crippen molar-refractivity contribution in [1.29, 1.82) is 0 Å². The van der Waals surface area contributed by atoms with Crippen molar-refractivity contribution in [1.82, 2.24) is 15.3 Å². The van der Waals surface area contributed by atoms with E-state index >= 15 is 0 Å². The minimum atomic E-state index is -0.275. The predicted molar refractivity (Wildman–Crippen MR) is 103 cm³/mol. The van der Waals surface area contributed by atoms with Crippen molar-refractivity contribution >= 4 is 11.7 Å². The maximum absolute atomic E-state index is 13.0. The van der Waals surface area contributed by atoms with E-state index in [0.717, 1.165) is 11.1 Å².